The van der Waals surface area contributed by atoms with Crippen molar-refractivity contribution >= 4 is 57.4 Å². The van der Waals surface area contributed by atoms with Crippen LogP contribution in [0.4, 0.5) is 11.5 Å². The molecule has 0 radical (unpaired) electrons. The van der Waals surface area contributed by atoms with Gasteiger partial charge in [0.15, 0.2) is 16.6 Å². The fourth-order valence-corrected chi connectivity index (χ4v) is 3.60. The number of rotatable bonds is 5. The minimum atomic E-state index is -0.638. The lowest BCUT2D eigenvalue weighted by atomic mass is 10.2. The molecule has 1 aromatic heterocycles. The van der Waals surface area contributed by atoms with Crippen LogP contribution in [0.1, 0.15) is 13.8 Å². The van der Waals surface area contributed by atoms with Crippen LogP contribution in [0.5, 0.6) is 0 Å². The van der Waals surface area contributed by atoms with Gasteiger partial charge in [0.1, 0.15) is 16.4 Å². The minimum absolute atomic E-state index is 0.129. The molecule has 2 heterocycles. The molecule has 0 saturated heterocycles. The van der Waals surface area contributed by atoms with Crippen LogP contribution in [0.15, 0.2) is 64.4 Å². The molecule has 142 valence electrons. The van der Waals surface area contributed by atoms with Gasteiger partial charge in [0.2, 0.25) is 0 Å². The molecule has 0 atom stereocenters. The Morgan fingerprint density at radius 3 is 2.50 bits per heavy atom. The first-order chi connectivity index (χ1) is 13.4. The molecule has 9 heteroatoms. The Morgan fingerprint density at radius 2 is 1.89 bits per heavy atom. The number of anilines is 2. The number of nitrogens with zero attached hydrogens (tertiary/aromatic N) is 3. The van der Waals surface area contributed by atoms with Crippen LogP contribution in [0.3, 0.4) is 0 Å². The molecule has 0 aliphatic carbocycles. The van der Waals surface area contributed by atoms with Crippen molar-refractivity contribution < 1.29 is 14.4 Å². The lowest BCUT2D eigenvalue weighted by Crippen LogP contribution is -2.24. The Balaban J connectivity index is 2.07. The van der Waals surface area contributed by atoms with Gasteiger partial charge in [0, 0.05) is 18.1 Å². The summed E-state index contributed by atoms with van der Waals surface area (Å²) >= 11 is 7.03. The SMILES string of the molecule is CC(=O)C1=NN(c2cccc(Cl)c2)/C(=C(\C(C)=O)C(=O)Nc2ccccn2)S1. The van der Waals surface area contributed by atoms with Crippen molar-refractivity contribution in [3.05, 3.63) is 64.3 Å². The third-order valence-corrected chi connectivity index (χ3v) is 5.00. The first-order valence-electron chi connectivity index (χ1n) is 8.17. The summed E-state index contributed by atoms with van der Waals surface area (Å²) in [6.45, 7) is 2.65. The molecule has 1 aliphatic rings. The third kappa shape index (κ3) is 4.29. The summed E-state index contributed by atoms with van der Waals surface area (Å²) in [6.07, 6.45) is 1.52. The van der Waals surface area contributed by atoms with Gasteiger partial charge in [-0.25, -0.2) is 9.99 Å². The molecule has 7 nitrogen and oxygen atoms in total. The average molecular weight is 415 g/mol. The number of thioether (sulfide) groups is 1. The fourth-order valence-electron chi connectivity index (χ4n) is 2.40. The van der Waals surface area contributed by atoms with Gasteiger partial charge < -0.3 is 5.32 Å². The molecular weight excluding hydrogens is 400 g/mol. The van der Waals surface area contributed by atoms with Crippen LogP contribution in [0, 0.1) is 0 Å². The molecule has 0 saturated carbocycles. The third-order valence-electron chi connectivity index (χ3n) is 3.63. The van der Waals surface area contributed by atoms with E-state index in [1.54, 1.807) is 42.5 Å². The van der Waals surface area contributed by atoms with Crippen LogP contribution in [0.2, 0.25) is 5.02 Å². The van der Waals surface area contributed by atoms with Gasteiger partial charge in [0.05, 0.1) is 5.69 Å². The predicted molar refractivity (Wildman–Crippen MR) is 110 cm³/mol. The van der Waals surface area contributed by atoms with Crippen LogP contribution in [-0.2, 0) is 14.4 Å². The highest BCUT2D eigenvalue weighted by Crippen LogP contribution is 2.38. The number of hydrogen-bond donors (Lipinski definition) is 1. The zero-order valence-electron chi connectivity index (χ0n) is 15.0. The van der Waals surface area contributed by atoms with Gasteiger partial charge in [-0.05, 0) is 49.0 Å². The second-order valence-electron chi connectivity index (χ2n) is 5.76. The summed E-state index contributed by atoms with van der Waals surface area (Å²) < 4.78 is 0. The summed E-state index contributed by atoms with van der Waals surface area (Å²) in [5.74, 6) is -1.08. The smallest absolute Gasteiger partial charge is 0.263 e. The summed E-state index contributed by atoms with van der Waals surface area (Å²) in [7, 11) is 0. The number of halogens is 1. The van der Waals surface area contributed by atoms with Crippen molar-refractivity contribution in [1.29, 1.82) is 0 Å². The standard InChI is InChI=1S/C19H15ClN4O3S/c1-11(25)16(17(27)22-15-8-3-4-9-21-15)19-24(23-18(28-19)12(2)26)14-7-5-6-13(20)10-14/h3-10H,1-2H3,(H,21,22,27)/b19-16-. The van der Waals surface area contributed by atoms with E-state index in [0.717, 1.165) is 11.8 Å². The molecule has 1 amide bonds. The maximum atomic E-state index is 12.8. The average Bonchev–Trinajstić information content (AvgIpc) is 3.07. The summed E-state index contributed by atoms with van der Waals surface area (Å²) in [5, 5.41) is 9.10. The first-order valence-corrected chi connectivity index (χ1v) is 9.37. The predicted octanol–water partition coefficient (Wildman–Crippen LogP) is 3.63. The number of hydrogen-bond acceptors (Lipinski definition) is 7. The van der Waals surface area contributed by atoms with Gasteiger partial charge in [0.25, 0.3) is 5.91 Å². The van der Waals surface area contributed by atoms with Crippen molar-refractivity contribution in [3.8, 4) is 0 Å². The summed E-state index contributed by atoms with van der Waals surface area (Å²) in [6, 6.07) is 11.8. The molecule has 0 bridgehead atoms. The quantitative estimate of drug-likeness (QED) is 0.456. The number of amides is 1. The van der Waals surface area contributed by atoms with Gasteiger partial charge in [-0.2, -0.15) is 5.10 Å². The Hall–Kier alpha value is -2.97. The van der Waals surface area contributed by atoms with E-state index in [-0.39, 0.29) is 21.4 Å². The van der Waals surface area contributed by atoms with E-state index in [9.17, 15) is 14.4 Å². The second kappa shape index (κ2) is 8.37. The number of carbonyl (C=O) groups is 3. The molecule has 0 spiro atoms. The highest BCUT2D eigenvalue weighted by atomic mass is 35.5. The molecule has 0 unspecified atom stereocenters. The molecule has 0 fully saturated rings. The Kier molecular flexibility index (Phi) is 5.91. The molecular formula is C19H15ClN4O3S. The maximum Gasteiger partial charge on any atom is 0.263 e. The normalized spacial score (nSPS) is 15.1. The molecule has 1 aliphatic heterocycles. The van der Waals surface area contributed by atoms with Crippen LogP contribution in [-0.4, -0.2) is 27.5 Å². The number of nitrogens with one attached hydrogen (secondary N) is 1. The van der Waals surface area contributed by atoms with Crippen LogP contribution >= 0.6 is 23.4 Å². The summed E-state index contributed by atoms with van der Waals surface area (Å²) in [5.41, 5.74) is 0.395. The van der Waals surface area contributed by atoms with Crippen molar-refractivity contribution in [3.63, 3.8) is 0 Å². The maximum absolute atomic E-state index is 12.8. The first kappa shape index (κ1) is 19.8. The van der Waals surface area contributed by atoms with E-state index in [0.29, 0.717) is 16.5 Å². The molecule has 3 rings (SSSR count). The number of ketones is 2. The second-order valence-corrected chi connectivity index (χ2v) is 7.17. The van der Waals surface area contributed by atoms with Gasteiger partial charge in [-0.1, -0.05) is 23.7 Å². The highest BCUT2D eigenvalue weighted by Gasteiger charge is 2.33. The highest BCUT2D eigenvalue weighted by molar-refractivity contribution is 8.19. The zero-order chi connectivity index (χ0) is 20.3. The number of benzene rings is 1. The van der Waals surface area contributed by atoms with Crippen molar-refractivity contribution in [2.45, 2.75) is 13.8 Å². The van der Waals surface area contributed by atoms with E-state index in [2.05, 4.69) is 15.4 Å². The monoisotopic (exact) mass is 414 g/mol. The van der Waals surface area contributed by atoms with Crippen molar-refractivity contribution in [2.24, 2.45) is 5.10 Å². The van der Waals surface area contributed by atoms with Crippen LogP contribution < -0.4 is 10.3 Å². The summed E-state index contributed by atoms with van der Waals surface area (Å²) in [4.78, 5) is 41.1. The fraction of sp³-hybridized carbons (Fsp3) is 0.105. The van der Waals surface area contributed by atoms with E-state index < -0.39 is 11.7 Å². The van der Waals surface area contributed by atoms with Crippen molar-refractivity contribution in [1.82, 2.24) is 4.98 Å². The van der Waals surface area contributed by atoms with E-state index in [1.165, 1.54) is 25.1 Å². The number of hydrazone groups is 1. The molecule has 28 heavy (non-hydrogen) atoms. The van der Waals surface area contributed by atoms with Crippen LogP contribution in [0.25, 0.3) is 0 Å². The Labute approximate surface area is 170 Å². The number of carbonyl (C=O) groups excluding carboxylic acids is 3. The van der Waals surface area contributed by atoms with E-state index >= 15 is 0 Å². The van der Waals surface area contributed by atoms with Crippen molar-refractivity contribution in [2.75, 3.05) is 10.3 Å². The lowest BCUT2D eigenvalue weighted by Gasteiger charge is -2.18. The minimum Gasteiger partial charge on any atom is -0.306 e. The number of Topliss-reactive ketones (excluding diaryl/α,β-unsaturated/α-hetero) is 2. The van der Waals surface area contributed by atoms with Gasteiger partial charge in [-0.15, -0.1) is 0 Å². The molecule has 2 aromatic rings. The number of pyridine rings is 1. The van der Waals surface area contributed by atoms with Gasteiger partial charge in [-0.3, -0.25) is 14.4 Å². The molecule has 1 N–H and O–H groups in total. The van der Waals surface area contributed by atoms with E-state index in [4.69, 9.17) is 11.6 Å². The Bertz CT molecular complexity index is 1020. The van der Waals surface area contributed by atoms with E-state index in [1.807, 2.05) is 0 Å². The number of aromatic nitrogens is 1. The largest absolute Gasteiger partial charge is 0.306 e. The zero-order valence-corrected chi connectivity index (χ0v) is 16.5. The lowest BCUT2D eigenvalue weighted by molar-refractivity contribution is -0.119. The molecule has 1 aromatic carbocycles. The topological polar surface area (TPSA) is 91.7 Å². The Morgan fingerprint density at radius 1 is 1.11 bits per heavy atom. The van der Waals surface area contributed by atoms with Gasteiger partial charge >= 0.3 is 0 Å².